The molecule has 14 heavy (non-hydrogen) atoms. The maximum absolute atomic E-state index is 12.0. The van der Waals surface area contributed by atoms with E-state index < -0.39 is 6.21 Å². The first-order chi connectivity index (χ1) is 6.70. The topological polar surface area (TPSA) is 38.3 Å². The van der Waals surface area contributed by atoms with Crippen molar-refractivity contribution in [3.05, 3.63) is 30.3 Å². The molecule has 1 atom stereocenters. The van der Waals surface area contributed by atoms with Gasteiger partial charge in [0.2, 0.25) is 0 Å². The fraction of sp³-hybridized carbons (Fsp3) is 0.333. The normalized spacial score (nSPS) is 14.7. The summed E-state index contributed by atoms with van der Waals surface area (Å²) in [7, 11) is 1.49. The van der Waals surface area contributed by atoms with Gasteiger partial charge in [-0.2, -0.15) is 0 Å². The van der Waals surface area contributed by atoms with Crippen LogP contribution >= 0.6 is 6.21 Å². The van der Waals surface area contributed by atoms with Crippen LogP contribution < -0.4 is 5.09 Å². The van der Waals surface area contributed by atoms with E-state index in [1.54, 1.807) is 0 Å². The Morgan fingerprint density at radius 1 is 1.43 bits per heavy atom. The number of anilines is 1. The summed E-state index contributed by atoms with van der Waals surface area (Å²) in [4.78, 5) is 0. The van der Waals surface area contributed by atoms with E-state index in [2.05, 4.69) is 5.09 Å². The van der Waals surface area contributed by atoms with Gasteiger partial charge in [-0.05, 0) is 0 Å². The average molecular weight is 278 g/mol. The van der Waals surface area contributed by atoms with Crippen LogP contribution in [0.3, 0.4) is 0 Å². The minimum absolute atomic E-state index is 0.00239. The molecule has 5 heteroatoms. The number of hydrogen-bond donors (Lipinski definition) is 1. The Hall–Kier alpha value is -0.271. The van der Waals surface area contributed by atoms with Gasteiger partial charge in [-0.1, -0.05) is 0 Å². The van der Waals surface area contributed by atoms with Crippen LogP contribution in [0.5, 0.6) is 0 Å². The number of rotatable bonds is 5. The molecule has 0 saturated carbocycles. The second-order valence-electron chi connectivity index (χ2n) is 2.58. The van der Waals surface area contributed by atoms with Crippen LogP contribution in [0.4, 0.5) is 5.69 Å². The third-order valence-electron chi connectivity index (χ3n) is 1.58. The van der Waals surface area contributed by atoms with Gasteiger partial charge in [0.05, 0.1) is 0 Å². The molecule has 1 N–H and O–H groups in total. The van der Waals surface area contributed by atoms with Crippen LogP contribution in [-0.2, 0) is 9.09 Å². The van der Waals surface area contributed by atoms with Crippen LogP contribution in [0.15, 0.2) is 30.3 Å². The van der Waals surface area contributed by atoms with Crippen molar-refractivity contribution in [3.63, 3.8) is 0 Å². The zero-order valence-corrected chi connectivity index (χ0v) is 10.9. The predicted molar refractivity (Wildman–Crippen MR) is 60.9 cm³/mol. The molecule has 1 aromatic rings. The van der Waals surface area contributed by atoms with Crippen LogP contribution in [0.1, 0.15) is 6.92 Å². The van der Waals surface area contributed by atoms with E-state index in [1.807, 2.05) is 37.3 Å². The molecule has 1 rings (SSSR count). The molecule has 1 aromatic carbocycles. The Balaban J connectivity index is 2.71. The van der Waals surface area contributed by atoms with Crippen LogP contribution in [0.25, 0.3) is 0 Å². The summed E-state index contributed by atoms with van der Waals surface area (Å²) in [5.41, 5.74) is 0.855. The average Bonchev–Trinajstić information content (AvgIpc) is 2.20. The van der Waals surface area contributed by atoms with Crippen LogP contribution in [0.2, 0.25) is 5.32 Å². The van der Waals surface area contributed by atoms with Gasteiger partial charge in [0.15, 0.2) is 0 Å². The SMILES string of the molecule is CC[Se][P@](=O)(Nc1ccccc1)OC. The molecule has 0 spiro atoms. The zero-order valence-electron chi connectivity index (χ0n) is 8.27. The van der Waals surface area contributed by atoms with Gasteiger partial charge in [-0.25, -0.2) is 0 Å². The molecule has 0 aromatic heterocycles. The fourth-order valence-electron chi connectivity index (χ4n) is 0.971. The van der Waals surface area contributed by atoms with E-state index in [1.165, 1.54) is 7.11 Å². The van der Waals surface area contributed by atoms with E-state index >= 15 is 0 Å². The molecule has 0 aliphatic carbocycles. The van der Waals surface area contributed by atoms with Crippen molar-refractivity contribution in [1.29, 1.82) is 0 Å². The summed E-state index contributed by atoms with van der Waals surface area (Å²) in [6.07, 6.45) is -2.61. The summed E-state index contributed by atoms with van der Waals surface area (Å²) >= 11 is -0.00239. The summed E-state index contributed by atoms with van der Waals surface area (Å²) in [6.45, 7) is 2.01. The first-order valence-electron chi connectivity index (χ1n) is 4.34. The van der Waals surface area contributed by atoms with Crippen molar-refractivity contribution in [3.8, 4) is 0 Å². The second kappa shape index (κ2) is 5.57. The third kappa shape index (κ3) is 3.47. The van der Waals surface area contributed by atoms with Crippen LogP contribution in [0, 0.1) is 0 Å². The molecule has 0 aliphatic heterocycles. The number of hydrogen-bond acceptors (Lipinski definition) is 2. The van der Waals surface area contributed by atoms with Crippen molar-refractivity contribution in [1.82, 2.24) is 0 Å². The zero-order chi connectivity index (χ0) is 10.4. The van der Waals surface area contributed by atoms with Gasteiger partial charge in [-0.15, -0.1) is 0 Å². The Morgan fingerprint density at radius 2 is 2.07 bits per heavy atom. The standard InChI is InChI=1S/C9H14NO2PSe/c1-3-14-13(11,12-2)10-9-7-5-4-6-8-9/h4-8H,3H2,1-2H3,(H,10,11)/t13-/m0/s1. The van der Waals surface area contributed by atoms with E-state index in [9.17, 15) is 4.57 Å². The van der Waals surface area contributed by atoms with E-state index in [0.717, 1.165) is 11.0 Å². The maximum atomic E-state index is 12.0. The molecule has 3 nitrogen and oxygen atoms in total. The monoisotopic (exact) mass is 279 g/mol. The van der Waals surface area contributed by atoms with E-state index in [-0.39, 0.29) is 14.5 Å². The number of nitrogens with one attached hydrogen (secondary N) is 1. The predicted octanol–water partition coefficient (Wildman–Crippen LogP) is 3.00. The molecule has 0 saturated heterocycles. The van der Waals surface area contributed by atoms with Crippen molar-refractivity contribution in [2.24, 2.45) is 0 Å². The molecule has 0 unspecified atom stereocenters. The Bertz CT molecular complexity index is 318. The Labute approximate surface area is 90.5 Å². The number of benzene rings is 1. The van der Waals surface area contributed by atoms with Gasteiger partial charge in [-0.3, -0.25) is 0 Å². The second-order valence-corrected chi connectivity index (χ2v) is 10.3. The molecular formula is C9H14NO2PSe. The van der Waals surface area contributed by atoms with Gasteiger partial charge < -0.3 is 0 Å². The van der Waals surface area contributed by atoms with Crippen molar-refractivity contribution < 1.29 is 9.09 Å². The van der Waals surface area contributed by atoms with E-state index in [0.29, 0.717) is 0 Å². The molecule has 0 amide bonds. The fourth-order valence-corrected chi connectivity index (χ4v) is 5.91. The molecule has 0 aliphatic rings. The third-order valence-corrected chi connectivity index (χ3v) is 8.47. The minimum atomic E-state index is -2.61. The molecule has 0 bridgehead atoms. The van der Waals surface area contributed by atoms with Crippen molar-refractivity contribution in [2.45, 2.75) is 12.2 Å². The summed E-state index contributed by atoms with van der Waals surface area (Å²) in [5, 5.41) is 3.87. The Kier molecular flexibility index (Phi) is 4.70. The molecule has 0 heterocycles. The molecule has 0 fully saturated rings. The van der Waals surface area contributed by atoms with Crippen LogP contribution in [-0.4, -0.2) is 21.6 Å². The molecule has 0 radical (unpaired) electrons. The first kappa shape index (κ1) is 11.8. The van der Waals surface area contributed by atoms with Gasteiger partial charge >= 0.3 is 90.3 Å². The quantitative estimate of drug-likeness (QED) is 0.664. The molecule has 78 valence electrons. The summed E-state index contributed by atoms with van der Waals surface area (Å²) in [5.74, 6) is 0. The number of para-hydroxylation sites is 1. The van der Waals surface area contributed by atoms with E-state index in [4.69, 9.17) is 4.52 Å². The van der Waals surface area contributed by atoms with Gasteiger partial charge in [0.25, 0.3) is 0 Å². The van der Waals surface area contributed by atoms with Crippen molar-refractivity contribution in [2.75, 3.05) is 12.2 Å². The van der Waals surface area contributed by atoms with Crippen molar-refractivity contribution >= 4 is 26.4 Å². The summed E-state index contributed by atoms with van der Waals surface area (Å²) in [6, 6.07) is 9.51. The summed E-state index contributed by atoms with van der Waals surface area (Å²) < 4.78 is 17.1. The van der Waals surface area contributed by atoms with Gasteiger partial charge in [0, 0.05) is 0 Å². The molecular weight excluding hydrogens is 264 g/mol. The Morgan fingerprint density at radius 3 is 2.57 bits per heavy atom. The first-order valence-corrected chi connectivity index (χ1v) is 9.39. The van der Waals surface area contributed by atoms with Gasteiger partial charge in [0.1, 0.15) is 0 Å².